The Morgan fingerprint density at radius 2 is 2.14 bits per heavy atom. The first kappa shape index (κ1) is 15.3. The van der Waals surface area contributed by atoms with Crippen molar-refractivity contribution in [2.45, 2.75) is 25.3 Å². The zero-order valence-electron chi connectivity index (χ0n) is 12.0. The van der Waals surface area contributed by atoms with Crippen LogP contribution in [0.2, 0.25) is 0 Å². The molecule has 0 aromatic heterocycles. The molecule has 1 heterocycles. The van der Waals surface area contributed by atoms with Gasteiger partial charge in [0.1, 0.15) is 0 Å². The van der Waals surface area contributed by atoms with Gasteiger partial charge in [-0.1, -0.05) is 24.3 Å². The van der Waals surface area contributed by atoms with Gasteiger partial charge in [0.25, 0.3) is 0 Å². The number of ether oxygens (including phenoxy) is 1. The van der Waals surface area contributed by atoms with Crippen molar-refractivity contribution in [3.8, 4) is 0 Å². The van der Waals surface area contributed by atoms with Gasteiger partial charge in [-0.15, -0.1) is 0 Å². The van der Waals surface area contributed by atoms with Gasteiger partial charge in [0.05, 0.1) is 6.61 Å². The van der Waals surface area contributed by atoms with E-state index in [4.69, 9.17) is 4.74 Å². The first-order chi connectivity index (χ1) is 10.0. The van der Waals surface area contributed by atoms with E-state index in [0.717, 1.165) is 5.56 Å². The molecule has 0 aliphatic carbocycles. The number of benzene rings is 1. The fourth-order valence-corrected chi connectivity index (χ4v) is 2.35. The van der Waals surface area contributed by atoms with Gasteiger partial charge >= 0.3 is 12.0 Å². The molecule has 3 N–H and O–H groups in total. The Kier molecular flexibility index (Phi) is 4.80. The van der Waals surface area contributed by atoms with Crippen LogP contribution in [0.4, 0.5) is 4.79 Å². The molecule has 0 spiro atoms. The van der Waals surface area contributed by atoms with Gasteiger partial charge in [-0.25, -0.2) is 9.59 Å². The van der Waals surface area contributed by atoms with Crippen LogP contribution in [-0.2, 0) is 16.0 Å². The molecule has 1 aliphatic rings. The van der Waals surface area contributed by atoms with Crippen molar-refractivity contribution >= 4 is 12.0 Å². The molecule has 21 heavy (non-hydrogen) atoms. The summed E-state index contributed by atoms with van der Waals surface area (Å²) in [7, 11) is 0. The number of hydrogen-bond acceptors (Lipinski definition) is 3. The Balaban J connectivity index is 1.82. The zero-order valence-corrected chi connectivity index (χ0v) is 12.0. The Labute approximate surface area is 123 Å². The second kappa shape index (κ2) is 6.58. The second-order valence-corrected chi connectivity index (χ2v) is 5.25. The highest BCUT2D eigenvalue weighted by Gasteiger charge is 2.43. The lowest BCUT2D eigenvalue weighted by atomic mass is 9.99. The number of aliphatic carboxylic acids is 1. The van der Waals surface area contributed by atoms with E-state index < -0.39 is 17.5 Å². The summed E-state index contributed by atoms with van der Waals surface area (Å²) in [5.41, 5.74) is 1.04. The highest BCUT2D eigenvalue weighted by Crippen LogP contribution is 2.18. The first-order valence-corrected chi connectivity index (χ1v) is 6.95. The monoisotopic (exact) mass is 292 g/mol. The summed E-state index contributed by atoms with van der Waals surface area (Å²) in [6.07, 6.45) is 0.990. The van der Waals surface area contributed by atoms with Crippen LogP contribution in [0.3, 0.4) is 0 Å². The maximum Gasteiger partial charge on any atom is 0.332 e. The molecule has 1 fully saturated rings. The summed E-state index contributed by atoms with van der Waals surface area (Å²) in [5, 5.41) is 14.4. The molecule has 1 atom stereocenters. The van der Waals surface area contributed by atoms with Crippen LogP contribution in [0.15, 0.2) is 24.3 Å². The van der Waals surface area contributed by atoms with Crippen LogP contribution < -0.4 is 10.6 Å². The number of carbonyl (C=O) groups is 2. The molecule has 0 saturated carbocycles. The van der Waals surface area contributed by atoms with Gasteiger partial charge in [-0.3, -0.25) is 0 Å². The molecular weight excluding hydrogens is 272 g/mol. The summed E-state index contributed by atoms with van der Waals surface area (Å²) >= 11 is 0. The first-order valence-electron chi connectivity index (χ1n) is 6.95. The summed E-state index contributed by atoms with van der Waals surface area (Å²) in [6.45, 7) is 2.82. The van der Waals surface area contributed by atoms with E-state index in [-0.39, 0.29) is 13.0 Å². The second-order valence-electron chi connectivity index (χ2n) is 5.25. The number of nitrogens with one attached hydrogen (secondary N) is 2. The number of rotatable bonds is 5. The topological polar surface area (TPSA) is 87.7 Å². The predicted octanol–water partition coefficient (Wildman–Crippen LogP) is 1.08. The number of amides is 2. The number of hydrogen-bond donors (Lipinski definition) is 3. The number of carboxylic acid groups (broad SMARTS) is 1. The van der Waals surface area contributed by atoms with Crippen molar-refractivity contribution in [1.82, 2.24) is 10.6 Å². The van der Waals surface area contributed by atoms with E-state index in [1.54, 1.807) is 0 Å². The lowest BCUT2D eigenvalue weighted by Crippen LogP contribution is -2.57. The third kappa shape index (κ3) is 3.72. The predicted molar refractivity (Wildman–Crippen MR) is 77.2 cm³/mol. The Morgan fingerprint density at radius 3 is 2.76 bits per heavy atom. The molecule has 0 radical (unpaired) electrons. The summed E-state index contributed by atoms with van der Waals surface area (Å²) in [6, 6.07) is 7.48. The lowest BCUT2D eigenvalue weighted by molar-refractivity contribution is -0.144. The van der Waals surface area contributed by atoms with Gasteiger partial charge in [-0.2, -0.15) is 0 Å². The van der Waals surface area contributed by atoms with Crippen LogP contribution in [-0.4, -0.2) is 42.4 Å². The fourth-order valence-electron chi connectivity index (χ4n) is 2.35. The van der Waals surface area contributed by atoms with E-state index in [9.17, 15) is 14.7 Å². The maximum absolute atomic E-state index is 11.8. The standard InChI is InChI=1S/C15H20N2O4/c1-11-4-2-3-5-12(11)6-8-16-14(20)17-15(13(18)19)7-9-21-10-15/h2-5H,6-10H2,1H3,(H,18,19)(H2,16,17,20). The average molecular weight is 292 g/mol. The van der Waals surface area contributed by atoms with Crippen molar-refractivity contribution < 1.29 is 19.4 Å². The third-order valence-corrected chi connectivity index (χ3v) is 3.72. The van der Waals surface area contributed by atoms with Gasteiger partial charge in [0.2, 0.25) is 0 Å². The Hall–Kier alpha value is -2.08. The van der Waals surface area contributed by atoms with Gasteiger partial charge in [0.15, 0.2) is 5.54 Å². The minimum Gasteiger partial charge on any atom is -0.479 e. The van der Waals surface area contributed by atoms with Gasteiger partial charge < -0.3 is 20.5 Å². The average Bonchev–Trinajstić information content (AvgIpc) is 2.91. The molecule has 2 rings (SSSR count). The van der Waals surface area contributed by atoms with Crippen molar-refractivity contribution in [3.05, 3.63) is 35.4 Å². The van der Waals surface area contributed by atoms with Crippen molar-refractivity contribution in [3.63, 3.8) is 0 Å². The highest BCUT2D eigenvalue weighted by atomic mass is 16.5. The van der Waals surface area contributed by atoms with Gasteiger partial charge in [-0.05, 0) is 24.5 Å². The molecule has 1 aromatic carbocycles. The number of carboxylic acids is 1. The molecule has 6 heteroatoms. The molecule has 114 valence electrons. The Bertz CT molecular complexity index is 524. The third-order valence-electron chi connectivity index (χ3n) is 3.72. The molecule has 1 aliphatic heterocycles. The molecule has 0 bridgehead atoms. The largest absolute Gasteiger partial charge is 0.479 e. The molecule has 1 aromatic rings. The van der Waals surface area contributed by atoms with E-state index >= 15 is 0 Å². The van der Waals surface area contributed by atoms with Crippen LogP contribution >= 0.6 is 0 Å². The van der Waals surface area contributed by atoms with E-state index in [2.05, 4.69) is 10.6 Å². The van der Waals surface area contributed by atoms with Crippen molar-refractivity contribution in [2.75, 3.05) is 19.8 Å². The molecule has 1 unspecified atom stereocenters. The summed E-state index contributed by atoms with van der Waals surface area (Å²) in [4.78, 5) is 23.1. The van der Waals surface area contributed by atoms with Crippen LogP contribution in [0.1, 0.15) is 17.5 Å². The van der Waals surface area contributed by atoms with Crippen molar-refractivity contribution in [2.24, 2.45) is 0 Å². The molecule has 2 amide bonds. The lowest BCUT2D eigenvalue weighted by Gasteiger charge is -2.23. The number of aryl methyl sites for hydroxylation is 1. The van der Waals surface area contributed by atoms with E-state index in [1.165, 1.54) is 5.56 Å². The van der Waals surface area contributed by atoms with E-state index in [0.29, 0.717) is 19.6 Å². The minimum atomic E-state index is -1.30. The Morgan fingerprint density at radius 1 is 1.38 bits per heavy atom. The summed E-state index contributed by atoms with van der Waals surface area (Å²) in [5.74, 6) is -1.06. The smallest absolute Gasteiger partial charge is 0.332 e. The maximum atomic E-state index is 11.8. The quantitative estimate of drug-likeness (QED) is 0.758. The molecule has 6 nitrogen and oxygen atoms in total. The summed E-state index contributed by atoms with van der Waals surface area (Å²) < 4.78 is 5.09. The number of urea groups is 1. The van der Waals surface area contributed by atoms with Gasteiger partial charge in [0, 0.05) is 19.6 Å². The van der Waals surface area contributed by atoms with Crippen LogP contribution in [0.25, 0.3) is 0 Å². The SMILES string of the molecule is Cc1ccccc1CCNC(=O)NC1(C(=O)O)CCOC1. The highest BCUT2D eigenvalue weighted by molar-refractivity contribution is 5.86. The zero-order chi connectivity index (χ0) is 15.3. The van der Waals surface area contributed by atoms with Crippen LogP contribution in [0, 0.1) is 6.92 Å². The fraction of sp³-hybridized carbons (Fsp3) is 0.467. The molecular formula is C15H20N2O4. The normalized spacial score (nSPS) is 21.0. The van der Waals surface area contributed by atoms with Crippen molar-refractivity contribution in [1.29, 1.82) is 0 Å². The minimum absolute atomic E-state index is 0.00749. The van der Waals surface area contributed by atoms with E-state index in [1.807, 2.05) is 31.2 Å². The molecule has 1 saturated heterocycles. The number of carbonyl (C=O) groups excluding carboxylic acids is 1. The van der Waals surface area contributed by atoms with Crippen LogP contribution in [0.5, 0.6) is 0 Å².